The molecular formula is C21H37N5. The molecule has 5 heteroatoms. The Bertz CT molecular complexity index is 496. The molecule has 4 rings (SSSR count). The Kier molecular flexibility index (Phi) is 7.26. The van der Waals surface area contributed by atoms with Crippen molar-refractivity contribution in [1.82, 2.24) is 20.2 Å². The first-order valence-electron chi connectivity index (χ1n) is 10.8. The minimum Gasteiger partial charge on any atom is -0.341 e. The van der Waals surface area contributed by atoms with E-state index in [0.29, 0.717) is 5.41 Å². The zero-order valence-corrected chi connectivity index (χ0v) is 16.8. The first-order chi connectivity index (χ1) is 12.8. The van der Waals surface area contributed by atoms with Crippen molar-refractivity contribution in [1.29, 1.82) is 0 Å². The SMILES string of the molecule is CC.c1cnc(N2CCC3(CCN(CC4CCNCC4)CC3)CC2)nc1. The average molecular weight is 360 g/mol. The van der Waals surface area contributed by atoms with Crippen LogP contribution in [0.3, 0.4) is 0 Å². The highest BCUT2D eigenvalue weighted by Gasteiger charge is 2.38. The Morgan fingerprint density at radius 2 is 1.54 bits per heavy atom. The fraction of sp³-hybridized carbons (Fsp3) is 0.810. The molecule has 4 heterocycles. The van der Waals surface area contributed by atoms with Crippen LogP contribution in [-0.4, -0.2) is 60.7 Å². The number of nitrogens with one attached hydrogen (secondary N) is 1. The summed E-state index contributed by atoms with van der Waals surface area (Å²) in [6.07, 6.45) is 11.8. The fourth-order valence-corrected chi connectivity index (χ4v) is 4.77. The number of hydrogen-bond donors (Lipinski definition) is 1. The Morgan fingerprint density at radius 3 is 2.15 bits per heavy atom. The number of rotatable bonds is 3. The predicted octanol–water partition coefficient (Wildman–Crippen LogP) is 3.18. The summed E-state index contributed by atoms with van der Waals surface area (Å²) >= 11 is 0. The van der Waals surface area contributed by atoms with Crippen molar-refractivity contribution >= 4 is 5.95 Å². The Hall–Kier alpha value is -1.20. The third-order valence-electron chi connectivity index (χ3n) is 6.55. The zero-order chi connectivity index (χ0) is 18.2. The van der Waals surface area contributed by atoms with Crippen molar-refractivity contribution in [3.8, 4) is 0 Å². The van der Waals surface area contributed by atoms with Gasteiger partial charge in [0, 0.05) is 32.0 Å². The molecule has 0 bridgehead atoms. The molecule has 0 aromatic carbocycles. The van der Waals surface area contributed by atoms with Crippen LogP contribution in [0.4, 0.5) is 5.95 Å². The lowest BCUT2D eigenvalue weighted by Crippen LogP contribution is -2.48. The summed E-state index contributed by atoms with van der Waals surface area (Å²) < 4.78 is 0. The molecular weight excluding hydrogens is 322 g/mol. The normalized spacial score (nSPS) is 24.2. The van der Waals surface area contributed by atoms with Crippen molar-refractivity contribution in [2.45, 2.75) is 52.4 Å². The third kappa shape index (κ3) is 4.95. The van der Waals surface area contributed by atoms with Crippen molar-refractivity contribution in [3.63, 3.8) is 0 Å². The number of likely N-dealkylation sites (tertiary alicyclic amines) is 1. The summed E-state index contributed by atoms with van der Waals surface area (Å²) in [4.78, 5) is 13.9. The van der Waals surface area contributed by atoms with Crippen LogP contribution in [0.2, 0.25) is 0 Å². The summed E-state index contributed by atoms with van der Waals surface area (Å²) in [5, 5.41) is 3.48. The minimum absolute atomic E-state index is 0.593. The first kappa shape index (κ1) is 19.6. The number of hydrogen-bond acceptors (Lipinski definition) is 5. The Morgan fingerprint density at radius 1 is 0.962 bits per heavy atom. The molecule has 0 unspecified atom stereocenters. The van der Waals surface area contributed by atoms with E-state index in [1.807, 2.05) is 32.3 Å². The molecule has 3 aliphatic heterocycles. The Balaban J connectivity index is 0.000000948. The van der Waals surface area contributed by atoms with Crippen LogP contribution in [0.1, 0.15) is 52.4 Å². The second kappa shape index (κ2) is 9.65. The highest BCUT2D eigenvalue weighted by atomic mass is 15.3. The largest absolute Gasteiger partial charge is 0.341 e. The smallest absolute Gasteiger partial charge is 0.225 e. The summed E-state index contributed by atoms with van der Waals surface area (Å²) in [5.74, 6) is 1.84. The maximum Gasteiger partial charge on any atom is 0.225 e. The van der Waals surface area contributed by atoms with Crippen LogP contribution in [0.15, 0.2) is 18.5 Å². The van der Waals surface area contributed by atoms with E-state index in [4.69, 9.17) is 0 Å². The maximum atomic E-state index is 4.41. The monoisotopic (exact) mass is 359 g/mol. The van der Waals surface area contributed by atoms with Gasteiger partial charge in [-0.15, -0.1) is 0 Å². The highest BCUT2D eigenvalue weighted by molar-refractivity contribution is 5.29. The van der Waals surface area contributed by atoms with Gasteiger partial charge in [-0.2, -0.15) is 0 Å². The quantitative estimate of drug-likeness (QED) is 0.898. The van der Waals surface area contributed by atoms with Gasteiger partial charge in [-0.25, -0.2) is 9.97 Å². The van der Waals surface area contributed by atoms with E-state index in [9.17, 15) is 0 Å². The van der Waals surface area contributed by atoms with E-state index < -0.39 is 0 Å². The second-order valence-corrected chi connectivity index (χ2v) is 8.03. The minimum atomic E-state index is 0.593. The highest BCUT2D eigenvalue weighted by Crippen LogP contribution is 2.41. The Labute approximate surface area is 159 Å². The van der Waals surface area contributed by atoms with E-state index in [1.54, 1.807) is 0 Å². The predicted molar refractivity (Wildman–Crippen MR) is 109 cm³/mol. The molecule has 3 saturated heterocycles. The van der Waals surface area contributed by atoms with Crippen LogP contribution in [0, 0.1) is 11.3 Å². The number of aromatic nitrogens is 2. The van der Waals surface area contributed by atoms with Gasteiger partial charge in [-0.3, -0.25) is 0 Å². The lowest BCUT2D eigenvalue weighted by Gasteiger charge is -2.47. The number of nitrogens with zero attached hydrogens (tertiary/aromatic N) is 4. The van der Waals surface area contributed by atoms with Crippen LogP contribution in [0.5, 0.6) is 0 Å². The standard InChI is InChI=1S/C19H31N5.C2H6/c1-8-21-18(22-9-1)24-14-6-19(7-15-24)4-12-23(13-5-19)16-17-2-10-20-11-3-17;1-2/h1,8-9,17,20H,2-7,10-16H2;1-2H3. The molecule has 0 atom stereocenters. The second-order valence-electron chi connectivity index (χ2n) is 8.03. The lowest BCUT2D eigenvalue weighted by atomic mass is 9.71. The van der Waals surface area contributed by atoms with Gasteiger partial charge in [-0.05, 0) is 82.1 Å². The maximum absolute atomic E-state index is 4.41. The molecule has 0 saturated carbocycles. The van der Waals surface area contributed by atoms with Crippen molar-refractivity contribution in [3.05, 3.63) is 18.5 Å². The van der Waals surface area contributed by atoms with E-state index in [0.717, 1.165) is 25.0 Å². The molecule has 3 fully saturated rings. The van der Waals surface area contributed by atoms with Gasteiger partial charge in [0.05, 0.1) is 0 Å². The first-order valence-corrected chi connectivity index (χ1v) is 10.8. The van der Waals surface area contributed by atoms with Crippen LogP contribution >= 0.6 is 0 Å². The summed E-state index contributed by atoms with van der Waals surface area (Å²) in [7, 11) is 0. The van der Waals surface area contributed by atoms with Crippen LogP contribution < -0.4 is 10.2 Å². The van der Waals surface area contributed by atoms with Crippen LogP contribution in [-0.2, 0) is 0 Å². The molecule has 0 amide bonds. The average Bonchev–Trinajstić information content (AvgIpc) is 2.73. The molecule has 0 radical (unpaired) electrons. The molecule has 3 aliphatic rings. The van der Waals surface area contributed by atoms with Crippen molar-refractivity contribution in [2.24, 2.45) is 11.3 Å². The molecule has 5 nitrogen and oxygen atoms in total. The molecule has 146 valence electrons. The molecule has 0 aliphatic carbocycles. The molecule has 26 heavy (non-hydrogen) atoms. The van der Waals surface area contributed by atoms with Gasteiger partial charge in [0.2, 0.25) is 5.95 Å². The van der Waals surface area contributed by atoms with Crippen molar-refractivity contribution < 1.29 is 0 Å². The molecule has 1 aromatic rings. The van der Waals surface area contributed by atoms with E-state index in [2.05, 4.69) is 25.1 Å². The summed E-state index contributed by atoms with van der Waals surface area (Å²) in [6, 6.07) is 1.90. The topological polar surface area (TPSA) is 44.3 Å². The third-order valence-corrected chi connectivity index (χ3v) is 6.55. The summed E-state index contributed by atoms with van der Waals surface area (Å²) in [6.45, 7) is 12.6. The van der Waals surface area contributed by atoms with Crippen molar-refractivity contribution in [2.75, 3.05) is 50.7 Å². The molecule has 1 spiro atoms. The zero-order valence-electron chi connectivity index (χ0n) is 16.8. The van der Waals surface area contributed by atoms with E-state index >= 15 is 0 Å². The van der Waals surface area contributed by atoms with Gasteiger partial charge in [0.1, 0.15) is 0 Å². The molecule has 1 N–H and O–H groups in total. The van der Waals surface area contributed by atoms with Gasteiger partial charge in [-0.1, -0.05) is 13.8 Å². The van der Waals surface area contributed by atoms with E-state index in [1.165, 1.54) is 71.2 Å². The number of piperidine rings is 3. The van der Waals surface area contributed by atoms with Gasteiger partial charge in [0.15, 0.2) is 0 Å². The van der Waals surface area contributed by atoms with Gasteiger partial charge < -0.3 is 15.1 Å². The summed E-state index contributed by atoms with van der Waals surface area (Å²) in [5.41, 5.74) is 0.593. The van der Waals surface area contributed by atoms with Crippen LogP contribution in [0.25, 0.3) is 0 Å². The fourth-order valence-electron chi connectivity index (χ4n) is 4.77. The number of anilines is 1. The molecule has 1 aromatic heterocycles. The van der Waals surface area contributed by atoms with Gasteiger partial charge >= 0.3 is 0 Å². The lowest BCUT2D eigenvalue weighted by molar-refractivity contribution is 0.0669. The van der Waals surface area contributed by atoms with Gasteiger partial charge in [0.25, 0.3) is 0 Å². The van der Waals surface area contributed by atoms with E-state index in [-0.39, 0.29) is 0 Å².